The van der Waals surface area contributed by atoms with E-state index in [0.717, 1.165) is 141 Å². The van der Waals surface area contributed by atoms with Crippen molar-refractivity contribution in [2.24, 2.45) is 0 Å². The molecule has 0 saturated carbocycles. The summed E-state index contributed by atoms with van der Waals surface area (Å²) in [6, 6.07) is 0. The second-order valence-corrected chi connectivity index (χ2v) is 18.4. The Balaban J connectivity index is 4.40. The van der Waals surface area contributed by atoms with Crippen molar-refractivity contribution in [1.82, 2.24) is 0 Å². The molecule has 0 aliphatic rings. The van der Waals surface area contributed by atoms with Crippen LogP contribution in [-0.4, -0.2) is 37.2 Å². The highest BCUT2D eigenvalue weighted by Gasteiger charge is 2.19. The van der Waals surface area contributed by atoms with Gasteiger partial charge in [-0.05, 0) is 122 Å². The molecule has 408 valence electrons. The SMILES string of the molecule is CC/C=C\C/C=C\C/C=C\C/C=C\C/C=C\C/C=C\C/C=C\C/C=C\CCCCCCC(=O)OCC(COC(=O)CCCCCCCCCCC)OC(=O)CCC/C=C\C/C=C\C/C=C\C/C=C\C/C=C\CC. The fourth-order valence-electron chi connectivity index (χ4n) is 7.26. The third-order valence-corrected chi connectivity index (χ3v) is 11.5. The number of carbonyl (C=O) groups excluding carboxylic acids is 3. The summed E-state index contributed by atoms with van der Waals surface area (Å²) in [5.74, 6) is -1.01. The lowest BCUT2D eigenvalue weighted by Crippen LogP contribution is -2.30. The van der Waals surface area contributed by atoms with Crippen LogP contribution in [0.15, 0.2) is 158 Å². The number of esters is 3. The summed E-state index contributed by atoms with van der Waals surface area (Å²) in [6.45, 7) is 6.30. The highest BCUT2D eigenvalue weighted by molar-refractivity contribution is 5.71. The Morgan fingerprint density at radius 1 is 0.288 bits per heavy atom. The van der Waals surface area contributed by atoms with Gasteiger partial charge in [-0.1, -0.05) is 243 Å². The first-order valence-electron chi connectivity index (χ1n) is 29.0. The van der Waals surface area contributed by atoms with Crippen LogP contribution in [0.3, 0.4) is 0 Å². The Hall–Kier alpha value is -4.97. The molecule has 0 aliphatic heterocycles. The molecule has 0 spiro atoms. The van der Waals surface area contributed by atoms with Crippen LogP contribution in [0.2, 0.25) is 0 Å². The molecule has 6 nitrogen and oxygen atoms in total. The minimum absolute atomic E-state index is 0.114. The summed E-state index contributed by atoms with van der Waals surface area (Å²) in [4.78, 5) is 38.0. The van der Waals surface area contributed by atoms with E-state index < -0.39 is 6.10 Å². The molecule has 0 fully saturated rings. The van der Waals surface area contributed by atoms with Crippen LogP contribution in [0.4, 0.5) is 0 Å². The lowest BCUT2D eigenvalue weighted by molar-refractivity contribution is -0.167. The Labute approximate surface area is 448 Å². The van der Waals surface area contributed by atoms with Crippen molar-refractivity contribution in [3.63, 3.8) is 0 Å². The second kappa shape index (κ2) is 59.6. The van der Waals surface area contributed by atoms with Gasteiger partial charge < -0.3 is 14.2 Å². The molecule has 0 aromatic carbocycles. The standard InChI is InChI=1S/C67H104O6/c1-4-7-10-13-16-19-21-23-25-27-28-29-30-31-32-33-34-35-36-37-38-40-41-43-45-48-51-54-57-60-66(69)72-63-64(62-71-65(68)59-56-53-50-47-18-15-12-9-6-3)73-67(70)61-58-55-52-49-46-44-42-39-26-24-22-20-17-14-11-8-5-2/h7-8,10-11,16-17,19-20,23-26,28-29,31-32,34-35,37-38,41-44,49,52,64H,4-6,9,12-15,18,21-22,27,30,33,36,39-40,45-48,50-51,53-63H2,1-3H3/b10-7-,11-8-,19-16-,20-17-,25-23-,26-24-,29-28-,32-31-,35-34-,38-37-,43-41-,44-42-,52-49-. The molecule has 1 atom stereocenters. The van der Waals surface area contributed by atoms with Gasteiger partial charge in [-0.2, -0.15) is 0 Å². The van der Waals surface area contributed by atoms with E-state index in [9.17, 15) is 14.4 Å². The van der Waals surface area contributed by atoms with E-state index in [0.29, 0.717) is 19.3 Å². The summed E-state index contributed by atoms with van der Waals surface area (Å²) < 4.78 is 16.7. The van der Waals surface area contributed by atoms with Crippen molar-refractivity contribution in [3.05, 3.63) is 158 Å². The van der Waals surface area contributed by atoms with Crippen LogP contribution in [0.5, 0.6) is 0 Å². The van der Waals surface area contributed by atoms with Gasteiger partial charge >= 0.3 is 17.9 Å². The molecule has 0 saturated heterocycles. The summed E-state index contributed by atoms with van der Waals surface area (Å²) in [5.41, 5.74) is 0. The van der Waals surface area contributed by atoms with Crippen molar-refractivity contribution < 1.29 is 28.6 Å². The molecular weight excluding hydrogens is 901 g/mol. The highest BCUT2D eigenvalue weighted by Crippen LogP contribution is 2.13. The van der Waals surface area contributed by atoms with Gasteiger partial charge in [0.15, 0.2) is 6.10 Å². The van der Waals surface area contributed by atoms with Crippen molar-refractivity contribution in [1.29, 1.82) is 0 Å². The van der Waals surface area contributed by atoms with E-state index in [1.54, 1.807) is 0 Å². The first kappa shape index (κ1) is 68.0. The summed E-state index contributed by atoms with van der Waals surface area (Å²) >= 11 is 0. The molecule has 0 aromatic rings. The number of unbranched alkanes of at least 4 members (excludes halogenated alkanes) is 13. The third kappa shape index (κ3) is 57.8. The van der Waals surface area contributed by atoms with Gasteiger partial charge in [0.2, 0.25) is 0 Å². The molecular formula is C67H104O6. The average Bonchev–Trinajstić information content (AvgIpc) is 3.39. The van der Waals surface area contributed by atoms with Gasteiger partial charge in [0, 0.05) is 19.3 Å². The fourth-order valence-corrected chi connectivity index (χ4v) is 7.26. The summed E-state index contributed by atoms with van der Waals surface area (Å²) in [7, 11) is 0. The molecule has 0 aromatic heterocycles. The predicted molar refractivity (Wildman–Crippen MR) is 315 cm³/mol. The topological polar surface area (TPSA) is 78.9 Å². The van der Waals surface area contributed by atoms with Crippen LogP contribution in [0, 0.1) is 0 Å². The van der Waals surface area contributed by atoms with Gasteiger partial charge in [0.05, 0.1) is 0 Å². The second-order valence-electron chi connectivity index (χ2n) is 18.4. The van der Waals surface area contributed by atoms with Gasteiger partial charge in [0.25, 0.3) is 0 Å². The minimum atomic E-state index is -0.824. The molecule has 0 heterocycles. The van der Waals surface area contributed by atoms with Crippen LogP contribution in [0.25, 0.3) is 0 Å². The van der Waals surface area contributed by atoms with Gasteiger partial charge in [0.1, 0.15) is 13.2 Å². The Morgan fingerprint density at radius 2 is 0.548 bits per heavy atom. The van der Waals surface area contributed by atoms with Crippen molar-refractivity contribution in [3.8, 4) is 0 Å². The zero-order chi connectivity index (χ0) is 52.9. The minimum Gasteiger partial charge on any atom is -0.462 e. The van der Waals surface area contributed by atoms with Crippen LogP contribution in [-0.2, 0) is 28.6 Å². The third-order valence-electron chi connectivity index (χ3n) is 11.5. The van der Waals surface area contributed by atoms with E-state index in [1.807, 2.05) is 0 Å². The Bertz CT molecular complexity index is 1670. The van der Waals surface area contributed by atoms with Gasteiger partial charge in [-0.25, -0.2) is 0 Å². The lowest BCUT2D eigenvalue weighted by atomic mass is 10.1. The van der Waals surface area contributed by atoms with Gasteiger partial charge in [-0.15, -0.1) is 0 Å². The van der Waals surface area contributed by atoms with E-state index in [1.165, 1.54) is 38.5 Å². The molecule has 0 amide bonds. The maximum absolute atomic E-state index is 12.8. The first-order valence-corrected chi connectivity index (χ1v) is 29.0. The maximum atomic E-state index is 12.8. The van der Waals surface area contributed by atoms with E-state index in [4.69, 9.17) is 14.2 Å². The normalized spacial score (nSPS) is 13.3. The number of carbonyl (C=O) groups is 3. The molecule has 0 rings (SSSR count). The Morgan fingerprint density at radius 3 is 0.877 bits per heavy atom. The van der Waals surface area contributed by atoms with Crippen molar-refractivity contribution in [2.75, 3.05) is 13.2 Å². The fraction of sp³-hybridized carbons (Fsp3) is 0.567. The molecule has 73 heavy (non-hydrogen) atoms. The summed E-state index contributed by atoms with van der Waals surface area (Å²) in [6.07, 6.45) is 86.8. The first-order chi connectivity index (χ1) is 36.0. The quantitative estimate of drug-likeness (QED) is 0.0261. The zero-order valence-electron chi connectivity index (χ0n) is 46.6. The van der Waals surface area contributed by atoms with Crippen LogP contribution in [0.1, 0.15) is 226 Å². The molecule has 0 bridgehead atoms. The van der Waals surface area contributed by atoms with Crippen molar-refractivity contribution >= 4 is 17.9 Å². The molecule has 0 radical (unpaired) electrons. The van der Waals surface area contributed by atoms with E-state index in [2.05, 4.69) is 179 Å². The molecule has 0 aliphatic carbocycles. The van der Waals surface area contributed by atoms with Crippen molar-refractivity contribution in [2.45, 2.75) is 232 Å². The maximum Gasteiger partial charge on any atom is 0.306 e. The smallest absolute Gasteiger partial charge is 0.306 e. The van der Waals surface area contributed by atoms with E-state index in [-0.39, 0.29) is 37.5 Å². The number of ether oxygens (including phenoxy) is 3. The largest absolute Gasteiger partial charge is 0.462 e. The highest BCUT2D eigenvalue weighted by atomic mass is 16.6. The molecule has 1 unspecified atom stereocenters. The Kier molecular flexibility index (Phi) is 55.5. The molecule has 0 N–H and O–H groups in total. The number of allylic oxidation sites excluding steroid dienone is 26. The number of hydrogen-bond donors (Lipinski definition) is 0. The predicted octanol–water partition coefficient (Wildman–Crippen LogP) is 19.8. The average molecular weight is 1010 g/mol. The summed E-state index contributed by atoms with van der Waals surface area (Å²) in [5, 5.41) is 0. The van der Waals surface area contributed by atoms with Crippen LogP contribution >= 0.6 is 0 Å². The van der Waals surface area contributed by atoms with Crippen LogP contribution < -0.4 is 0 Å². The molecule has 6 heteroatoms. The number of hydrogen-bond acceptors (Lipinski definition) is 6. The zero-order valence-corrected chi connectivity index (χ0v) is 46.6. The van der Waals surface area contributed by atoms with Gasteiger partial charge in [-0.3, -0.25) is 14.4 Å². The van der Waals surface area contributed by atoms with E-state index >= 15 is 0 Å². The number of rotatable bonds is 50. The monoisotopic (exact) mass is 1000 g/mol. The lowest BCUT2D eigenvalue weighted by Gasteiger charge is -2.18.